The first kappa shape index (κ1) is 10.1. The third-order valence-electron chi connectivity index (χ3n) is 2.09. The van der Waals surface area contributed by atoms with Gasteiger partial charge in [0.05, 0.1) is 12.7 Å². The van der Waals surface area contributed by atoms with Gasteiger partial charge in [-0.05, 0) is 29.0 Å². The van der Waals surface area contributed by atoms with Crippen LogP contribution in [0.5, 0.6) is 0 Å². The Kier molecular flexibility index (Phi) is 2.92. The molecule has 0 saturated carbocycles. The molecule has 15 heavy (non-hydrogen) atoms. The molecule has 1 aliphatic rings. The van der Waals surface area contributed by atoms with Crippen molar-refractivity contribution < 1.29 is 9.53 Å². The number of carbonyl (C=O) groups is 1. The minimum atomic E-state index is -0.411. The molecule has 0 unspecified atom stereocenters. The molecule has 0 aromatic heterocycles. The van der Waals surface area contributed by atoms with Gasteiger partial charge in [-0.1, -0.05) is 18.2 Å². The minimum Gasteiger partial charge on any atom is -0.465 e. The van der Waals surface area contributed by atoms with Crippen molar-refractivity contribution >= 4 is 16.9 Å². The van der Waals surface area contributed by atoms with E-state index < -0.39 is 10.9 Å². The Morgan fingerprint density at radius 3 is 2.80 bits per heavy atom. The van der Waals surface area contributed by atoms with Crippen molar-refractivity contribution in [1.29, 1.82) is 0 Å². The van der Waals surface area contributed by atoms with Crippen LogP contribution in [0.1, 0.15) is 10.4 Å². The number of methoxy groups -OCH3 is 1. The largest absolute Gasteiger partial charge is 0.465 e. The quantitative estimate of drug-likeness (QED) is 0.611. The topological polar surface area (TPSA) is 26.3 Å². The third kappa shape index (κ3) is 2.13. The second kappa shape index (κ2) is 4.36. The highest BCUT2D eigenvalue weighted by molar-refractivity contribution is 8.22. The summed E-state index contributed by atoms with van der Waals surface area (Å²) in [5, 5.41) is 4.25. The lowest BCUT2D eigenvalue weighted by molar-refractivity contribution is 0.0600. The van der Waals surface area contributed by atoms with Crippen LogP contribution in [0.25, 0.3) is 0 Å². The van der Waals surface area contributed by atoms with E-state index in [1.807, 2.05) is 18.2 Å². The van der Waals surface area contributed by atoms with Crippen LogP contribution in [-0.4, -0.2) is 13.1 Å². The average molecular weight is 219 g/mol. The summed E-state index contributed by atoms with van der Waals surface area (Å²) in [5.74, 6) is -0.299. The predicted octanol–water partition coefficient (Wildman–Crippen LogP) is 2.67. The average Bonchev–Trinajstić information content (AvgIpc) is 2.82. The zero-order valence-corrected chi connectivity index (χ0v) is 9.20. The fraction of sp³-hybridized carbons (Fsp3) is 0.0833. The Morgan fingerprint density at radius 1 is 1.40 bits per heavy atom. The molecule has 0 saturated heterocycles. The molecule has 1 radical (unpaired) electrons. The Labute approximate surface area is 91.6 Å². The maximum Gasteiger partial charge on any atom is 0.337 e. The first-order valence-electron chi connectivity index (χ1n) is 4.54. The standard InChI is InChI=1S/C12H11O2S/c1-14-12(13)10-5-4-6-11(9-10)15-7-2-3-8-15/h2-5,7-9,15H,1H3. The molecule has 0 aliphatic carbocycles. The number of ether oxygens (including phenoxy) is 1. The molecule has 0 bridgehead atoms. The number of hydrogen-bond acceptors (Lipinski definition) is 2. The molecule has 2 rings (SSSR count). The highest BCUT2D eigenvalue weighted by Crippen LogP contribution is 2.41. The molecule has 77 valence electrons. The molecule has 1 aromatic carbocycles. The van der Waals surface area contributed by atoms with Gasteiger partial charge in [0.25, 0.3) is 0 Å². The number of thiol groups is 1. The van der Waals surface area contributed by atoms with Gasteiger partial charge in [-0.15, -0.1) is 0 Å². The number of rotatable bonds is 2. The molecule has 3 heteroatoms. The second-order valence-corrected chi connectivity index (χ2v) is 4.94. The van der Waals surface area contributed by atoms with Crippen molar-refractivity contribution in [2.75, 3.05) is 7.11 Å². The molecule has 0 spiro atoms. The molecule has 1 aliphatic heterocycles. The van der Waals surface area contributed by atoms with Crippen LogP contribution in [0.15, 0.2) is 46.1 Å². The smallest absolute Gasteiger partial charge is 0.337 e. The fourth-order valence-electron chi connectivity index (χ4n) is 1.34. The van der Waals surface area contributed by atoms with E-state index in [2.05, 4.69) is 21.6 Å². The number of benzene rings is 1. The van der Waals surface area contributed by atoms with Crippen molar-refractivity contribution in [1.82, 2.24) is 0 Å². The molecule has 0 N–H and O–H groups in total. The van der Waals surface area contributed by atoms with Crippen molar-refractivity contribution in [2.45, 2.75) is 4.90 Å². The van der Waals surface area contributed by atoms with E-state index in [0.717, 1.165) is 4.90 Å². The molecule has 1 heterocycles. The Hall–Kier alpha value is -1.48. The van der Waals surface area contributed by atoms with Gasteiger partial charge in [0, 0.05) is 4.90 Å². The van der Waals surface area contributed by atoms with Crippen molar-refractivity contribution in [3.8, 4) is 0 Å². The summed E-state index contributed by atoms with van der Waals surface area (Å²) < 4.78 is 4.67. The number of esters is 1. The Bertz CT molecular complexity index is 423. The predicted molar refractivity (Wildman–Crippen MR) is 62.1 cm³/mol. The summed E-state index contributed by atoms with van der Waals surface area (Å²) in [6.45, 7) is 0. The van der Waals surface area contributed by atoms with E-state index in [1.54, 1.807) is 12.1 Å². The van der Waals surface area contributed by atoms with Crippen LogP contribution >= 0.6 is 10.9 Å². The molecule has 0 amide bonds. The number of carbonyl (C=O) groups excluding carboxylic acids is 1. The summed E-state index contributed by atoms with van der Waals surface area (Å²) in [6, 6.07) is 8.48. The Morgan fingerprint density at radius 2 is 2.13 bits per heavy atom. The van der Waals surface area contributed by atoms with Crippen LogP contribution in [0.2, 0.25) is 0 Å². The fourth-order valence-corrected chi connectivity index (χ4v) is 2.84. The third-order valence-corrected chi connectivity index (χ3v) is 3.89. The first-order valence-corrected chi connectivity index (χ1v) is 6.02. The SMILES string of the molecule is COC(=O)c1cc[c]c([SH]2C=CC=C2)c1. The van der Waals surface area contributed by atoms with Crippen LogP contribution in [0, 0.1) is 6.07 Å². The summed E-state index contributed by atoms with van der Waals surface area (Å²) >= 11 is 0. The van der Waals surface area contributed by atoms with Gasteiger partial charge < -0.3 is 4.74 Å². The van der Waals surface area contributed by atoms with Gasteiger partial charge in [0.1, 0.15) is 0 Å². The number of hydrogen-bond donors (Lipinski definition) is 1. The number of allylic oxidation sites excluding steroid dienone is 2. The molecule has 2 nitrogen and oxygen atoms in total. The zero-order chi connectivity index (χ0) is 10.7. The van der Waals surface area contributed by atoms with E-state index in [0.29, 0.717) is 5.56 Å². The maximum atomic E-state index is 11.3. The molecule has 0 fully saturated rings. The first-order chi connectivity index (χ1) is 7.31. The van der Waals surface area contributed by atoms with Crippen LogP contribution < -0.4 is 0 Å². The normalized spacial score (nSPS) is 15.7. The van der Waals surface area contributed by atoms with Gasteiger partial charge in [-0.2, -0.15) is 10.9 Å². The Balaban J connectivity index is 2.30. The maximum absolute atomic E-state index is 11.3. The minimum absolute atomic E-state index is 0.299. The highest BCUT2D eigenvalue weighted by Gasteiger charge is 2.08. The van der Waals surface area contributed by atoms with Gasteiger partial charge in [-0.25, -0.2) is 4.79 Å². The van der Waals surface area contributed by atoms with E-state index >= 15 is 0 Å². The van der Waals surface area contributed by atoms with Crippen LogP contribution in [0.3, 0.4) is 0 Å². The van der Waals surface area contributed by atoms with Gasteiger partial charge in [0.2, 0.25) is 0 Å². The van der Waals surface area contributed by atoms with E-state index in [9.17, 15) is 4.79 Å². The van der Waals surface area contributed by atoms with Crippen LogP contribution in [0.4, 0.5) is 0 Å². The second-order valence-electron chi connectivity index (χ2n) is 3.04. The summed E-state index contributed by atoms with van der Waals surface area (Å²) in [7, 11) is 0.978. The lowest BCUT2D eigenvalue weighted by atomic mass is 10.2. The van der Waals surface area contributed by atoms with Crippen molar-refractivity contribution in [3.05, 3.63) is 52.8 Å². The van der Waals surface area contributed by atoms with Crippen LogP contribution in [-0.2, 0) is 4.74 Å². The van der Waals surface area contributed by atoms with Gasteiger partial charge in [0.15, 0.2) is 0 Å². The lowest BCUT2D eigenvalue weighted by Crippen LogP contribution is -2.00. The highest BCUT2D eigenvalue weighted by atomic mass is 32.2. The van der Waals surface area contributed by atoms with Crippen molar-refractivity contribution in [3.63, 3.8) is 0 Å². The van der Waals surface area contributed by atoms with Crippen molar-refractivity contribution in [2.24, 2.45) is 0 Å². The monoisotopic (exact) mass is 219 g/mol. The summed E-state index contributed by atoms with van der Waals surface area (Å²) in [5.41, 5.74) is 0.586. The molecular formula is C12H11O2S. The zero-order valence-electron chi connectivity index (χ0n) is 8.31. The summed E-state index contributed by atoms with van der Waals surface area (Å²) in [6.07, 6.45) is 4.04. The van der Waals surface area contributed by atoms with Gasteiger partial charge in [-0.3, -0.25) is 0 Å². The molecule has 1 aromatic rings. The van der Waals surface area contributed by atoms with E-state index in [4.69, 9.17) is 0 Å². The molecule has 0 atom stereocenters. The molecular weight excluding hydrogens is 208 g/mol. The van der Waals surface area contributed by atoms with Gasteiger partial charge >= 0.3 is 5.97 Å². The lowest BCUT2D eigenvalue weighted by Gasteiger charge is -2.10. The van der Waals surface area contributed by atoms with E-state index in [1.165, 1.54) is 7.11 Å². The summed E-state index contributed by atoms with van der Waals surface area (Å²) in [4.78, 5) is 12.4. The van der Waals surface area contributed by atoms with E-state index in [-0.39, 0.29) is 5.97 Å².